The molecule has 142 valence electrons. The molecule has 1 aliphatic rings. The first-order valence-electron chi connectivity index (χ1n) is 9.09. The number of hydrogen-bond acceptors (Lipinski definition) is 3. The second kappa shape index (κ2) is 7.15. The van der Waals surface area contributed by atoms with Gasteiger partial charge in [0.05, 0.1) is 11.8 Å². The standard InChI is InChI=1S/C20H21F2N3O2/c1-2-23-6-8-24(9-7-23)20(26)18-12-19-17(5-10-27-19)25(18)13-14-3-4-15(21)16(22)11-14/h3-5,10-12H,2,6-9,13H2,1H3. The SMILES string of the molecule is CCN1CCN(C(=O)c2cc3occc3n2Cc2ccc(F)c(F)c2)CC1. The van der Waals surface area contributed by atoms with Gasteiger partial charge in [-0.25, -0.2) is 8.78 Å². The van der Waals surface area contributed by atoms with E-state index in [1.807, 2.05) is 4.90 Å². The van der Waals surface area contributed by atoms with Crippen molar-refractivity contribution in [1.82, 2.24) is 14.4 Å². The number of nitrogens with zero attached hydrogens (tertiary/aromatic N) is 3. The van der Waals surface area contributed by atoms with E-state index >= 15 is 0 Å². The molecule has 7 heteroatoms. The highest BCUT2D eigenvalue weighted by molar-refractivity contribution is 5.97. The zero-order chi connectivity index (χ0) is 19.0. The molecule has 3 aromatic rings. The Morgan fingerprint density at radius 2 is 1.85 bits per heavy atom. The molecule has 27 heavy (non-hydrogen) atoms. The van der Waals surface area contributed by atoms with Crippen LogP contribution in [0.1, 0.15) is 23.0 Å². The Hall–Kier alpha value is -2.67. The maximum atomic E-state index is 13.6. The third-order valence-electron chi connectivity index (χ3n) is 5.17. The molecule has 0 bridgehead atoms. The predicted molar refractivity (Wildman–Crippen MR) is 97.7 cm³/mol. The third-order valence-corrected chi connectivity index (χ3v) is 5.17. The number of furan rings is 1. The minimum Gasteiger partial charge on any atom is -0.463 e. The molecule has 0 radical (unpaired) electrons. The summed E-state index contributed by atoms with van der Waals surface area (Å²) < 4.78 is 34.1. The highest BCUT2D eigenvalue weighted by atomic mass is 19.2. The summed E-state index contributed by atoms with van der Waals surface area (Å²) in [4.78, 5) is 17.2. The van der Waals surface area contributed by atoms with Gasteiger partial charge in [-0.3, -0.25) is 4.79 Å². The second-order valence-corrected chi connectivity index (χ2v) is 6.76. The number of carbonyl (C=O) groups excluding carboxylic acids is 1. The predicted octanol–water partition coefficient (Wildman–Crippen LogP) is 3.34. The van der Waals surface area contributed by atoms with Crippen LogP contribution in [-0.4, -0.2) is 53.0 Å². The van der Waals surface area contributed by atoms with E-state index in [0.29, 0.717) is 29.9 Å². The van der Waals surface area contributed by atoms with Gasteiger partial charge < -0.3 is 18.8 Å². The van der Waals surface area contributed by atoms with Crippen LogP contribution in [0.2, 0.25) is 0 Å². The molecule has 0 atom stereocenters. The lowest BCUT2D eigenvalue weighted by molar-refractivity contribution is 0.0633. The topological polar surface area (TPSA) is 41.6 Å². The van der Waals surface area contributed by atoms with Crippen LogP contribution in [0.3, 0.4) is 0 Å². The van der Waals surface area contributed by atoms with Crippen LogP contribution in [0.4, 0.5) is 8.78 Å². The van der Waals surface area contributed by atoms with Gasteiger partial charge in [0.15, 0.2) is 17.2 Å². The molecule has 1 aliphatic heterocycles. The van der Waals surface area contributed by atoms with Crippen molar-refractivity contribution in [2.75, 3.05) is 32.7 Å². The van der Waals surface area contributed by atoms with E-state index in [0.717, 1.165) is 37.3 Å². The molecule has 0 N–H and O–H groups in total. The van der Waals surface area contributed by atoms with E-state index in [1.165, 1.54) is 6.07 Å². The fourth-order valence-electron chi connectivity index (χ4n) is 3.57. The fourth-order valence-corrected chi connectivity index (χ4v) is 3.57. The van der Waals surface area contributed by atoms with Crippen molar-refractivity contribution in [3.63, 3.8) is 0 Å². The second-order valence-electron chi connectivity index (χ2n) is 6.76. The van der Waals surface area contributed by atoms with E-state index in [9.17, 15) is 13.6 Å². The largest absolute Gasteiger partial charge is 0.463 e. The zero-order valence-electron chi connectivity index (χ0n) is 15.1. The van der Waals surface area contributed by atoms with Crippen molar-refractivity contribution in [3.05, 3.63) is 59.5 Å². The molecule has 5 nitrogen and oxygen atoms in total. The lowest BCUT2D eigenvalue weighted by atomic mass is 10.2. The Morgan fingerprint density at radius 1 is 1.07 bits per heavy atom. The number of aromatic nitrogens is 1. The van der Waals surface area contributed by atoms with E-state index in [-0.39, 0.29) is 12.5 Å². The van der Waals surface area contributed by atoms with Crippen molar-refractivity contribution in [3.8, 4) is 0 Å². The molecule has 4 rings (SSSR count). The van der Waals surface area contributed by atoms with Crippen LogP contribution < -0.4 is 0 Å². The molecule has 3 heterocycles. The van der Waals surface area contributed by atoms with Crippen molar-refractivity contribution in [2.45, 2.75) is 13.5 Å². The van der Waals surface area contributed by atoms with Gasteiger partial charge in [0.2, 0.25) is 0 Å². The Morgan fingerprint density at radius 3 is 2.56 bits per heavy atom. The molecule has 0 spiro atoms. The van der Waals surface area contributed by atoms with E-state index in [2.05, 4.69) is 11.8 Å². The number of halogens is 2. The first kappa shape index (κ1) is 17.7. The lowest BCUT2D eigenvalue weighted by Crippen LogP contribution is -2.48. The monoisotopic (exact) mass is 373 g/mol. The summed E-state index contributed by atoms with van der Waals surface area (Å²) in [5, 5.41) is 0. The molecule has 1 saturated heterocycles. The van der Waals surface area contributed by atoms with E-state index < -0.39 is 11.6 Å². The third kappa shape index (κ3) is 3.35. The minimum absolute atomic E-state index is 0.0697. The van der Waals surface area contributed by atoms with Gasteiger partial charge in [0, 0.05) is 44.9 Å². The van der Waals surface area contributed by atoms with Gasteiger partial charge in [-0.1, -0.05) is 13.0 Å². The quantitative estimate of drug-likeness (QED) is 0.704. The number of likely N-dealkylation sites (N-methyl/N-ethyl adjacent to an activating group) is 1. The number of hydrogen-bond donors (Lipinski definition) is 0. The molecule has 0 saturated carbocycles. The van der Waals surface area contributed by atoms with E-state index in [4.69, 9.17) is 4.42 Å². The van der Waals surface area contributed by atoms with Crippen LogP contribution >= 0.6 is 0 Å². The Bertz CT molecular complexity index is 971. The molecule has 1 amide bonds. The van der Waals surface area contributed by atoms with Crippen molar-refractivity contribution >= 4 is 17.0 Å². The number of rotatable bonds is 4. The van der Waals surface area contributed by atoms with Gasteiger partial charge in [-0.15, -0.1) is 0 Å². The number of fused-ring (bicyclic) bond motifs is 1. The first-order chi connectivity index (χ1) is 13.1. The molecule has 0 aliphatic carbocycles. The first-order valence-corrected chi connectivity index (χ1v) is 9.09. The molecular weight excluding hydrogens is 352 g/mol. The normalized spacial score (nSPS) is 15.6. The Balaban J connectivity index is 1.65. The molecule has 0 unspecified atom stereocenters. The van der Waals surface area contributed by atoms with Gasteiger partial charge in [-0.05, 0) is 24.2 Å². The summed E-state index contributed by atoms with van der Waals surface area (Å²) >= 11 is 0. The average molecular weight is 373 g/mol. The Labute approximate surface area is 155 Å². The zero-order valence-corrected chi connectivity index (χ0v) is 15.1. The molecule has 1 aromatic carbocycles. The van der Waals surface area contributed by atoms with Crippen LogP contribution in [0.5, 0.6) is 0 Å². The minimum atomic E-state index is -0.897. The van der Waals surface area contributed by atoms with Gasteiger partial charge in [0.1, 0.15) is 5.69 Å². The maximum Gasteiger partial charge on any atom is 0.270 e. The maximum absolute atomic E-state index is 13.6. The molecule has 2 aromatic heterocycles. The van der Waals surface area contributed by atoms with Crippen LogP contribution in [0, 0.1) is 11.6 Å². The average Bonchev–Trinajstić information content (AvgIpc) is 3.27. The van der Waals surface area contributed by atoms with Crippen LogP contribution in [0.15, 0.2) is 41.0 Å². The fraction of sp³-hybridized carbons (Fsp3) is 0.350. The summed E-state index contributed by atoms with van der Waals surface area (Å²) in [6.07, 6.45) is 1.56. The van der Waals surface area contributed by atoms with Crippen molar-refractivity contribution in [1.29, 1.82) is 0 Å². The van der Waals surface area contributed by atoms with E-state index in [1.54, 1.807) is 23.0 Å². The Kier molecular flexibility index (Phi) is 4.70. The van der Waals surface area contributed by atoms with Gasteiger partial charge in [0.25, 0.3) is 5.91 Å². The highest BCUT2D eigenvalue weighted by Gasteiger charge is 2.25. The number of amides is 1. The summed E-state index contributed by atoms with van der Waals surface area (Å²) in [6, 6.07) is 7.30. The van der Waals surface area contributed by atoms with Gasteiger partial charge in [-0.2, -0.15) is 0 Å². The highest BCUT2D eigenvalue weighted by Crippen LogP contribution is 2.24. The van der Waals surface area contributed by atoms with Gasteiger partial charge >= 0.3 is 0 Å². The molecule has 1 fully saturated rings. The summed E-state index contributed by atoms with van der Waals surface area (Å²) in [7, 11) is 0. The summed E-state index contributed by atoms with van der Waals surface area (Å²) in [5.41, 5.74) is 2.44. The number of piperazine rings is 1. The molecular formula is C20H21F2N3O2. The van der Waals surface area contributed by atoms with Crippen LogP contribution in [-0.2, 0) is 6.54 Å². The summed E-state index contributed by atoms with van der Waals surface area (Å²) in [5.74, 6) is -1.85. The number of benzene rings is 1. The summed E-state index contributed by atoms with van der Waals surface area (Å²) in [6.45, 7) is 6.38. The smallest absolute Gasteiger partial charge is 0.270 e. The van der Waals surface area contributed by atoms with Crippen molar-refractivity contribution < 1.29 is 18.0 Å². The van der Waals surface area contributed by atoms with Crippen LogP contribution in [0.25, 0.3) is 11.1 Å². The lowest BCUT2D eigenvalue weighted by Gasteiger charge is -2.34. The van der Waals surface area contributed by atoms with Crippen molar-refractivity contribution in [2.24, 2.45) is 0 Å². The number of carbonyl (C=O) groups is 1.